The number of hydrogen-bond donors (Lipinski definition) is 2. The second-order valence-corrected chi connectivity index (χ2v) is 4.01. The fourth-order valence-corrected chi connectivity index (χ4v) is 1.73. The first-order chi connectivity index (χ1) is 9.62. The molecule has 0 bridgehead atoms. The largest absolute Gasteiger partial charge is 0.372 e. The van der Waals surface area contributed by atoms with Crippen molar-refractivity contribution < 1.29 is 9.59 Å². The molecule has 0 radical (unpaired) electrons. The van der Waals surface area contributed by atoms with Crippen molar-refractivity contribution in [2.75, 3.05) is 29.9 Å². The highest BCUT2D eigenvalue weighted by atomic mass is 16.2. The molecule has 1 aromatic rings. The van der Waals surface area contributed by atoms with Crippen LogP contribution >= 0.6 is 0 Å². The van der Waals surface area contributed by atoms with Gasteiger partial charge in [0.05, 0.1) is 6.07 Å². The molecule has 1 rings (SSSR count). The van der Waals surface area contributed by atoms with Gasteiger partial charge >= 0.3 is 11.8 Å². The normalized spacial score (nSPS) is 9.45. The average molecular weight is 274 g/mol. The zero-order valence-corrected chi connectivity index (χ0v) is 11.6. The van der Waals surface area contributed by atoms with Crippen LogP contribution in [0.3, 0.4) is 0 Å². The van der Waals surface area contributed by atoms with Gasteiger partial charge in [0.1, 0.15) is 6.54 Å². The Morgan fingerprint density at radius 1 is 1.15 bits per heavy atom. The molecule has 0 aliphatic rings. The maximum Gasteiger partial charge on any atom is 0.313 e. The van der Waals surface area contributed by atoms with Crippen LogP contribution in [0.4, 0.5) is 11.4 Å². The van der Waals surface area contributed by atoms with Crippen molar-refractivity contribution in [3.63, 3.8) is 0 Å². The Labute approximate surface area is 118 Å². The third-order valence-electron chi connectivity index (χ3n) is 2.79. The lowest BCUT2D eigenvalue weighted by Crippen LogP contribution is -2.35. The number of rotatable bonds is 5. The van der Waals surface area contributed by atoms with E-state index in [1.165, 1.54) is 0 Å². The number of nitrogens with zero attached hydrogens (tertiary/aromatic N) is 2. The van der Waals surface area contributed by atoms with Gasteiger partial charge in [0.15, 0.2) is 0 Å². The molecular weight excluding hydrogens is 256 g/mol. The van der Waals surface area contributed by atoms with Crippen LogP contribution in [-0.2, 0) is 9.59 Å². The second kappa shape index (κ2) is 7.79. The van der Waals surface area contributed by atoms with Crippen LogP contribution in [0.25, 0.3) is 0 Å². The van der Waals surface area contributed by atoms with Gasteiger partial charge in [0, 0.05) is 24.5 Å². The summed E-state index contributed by atoms with van der Waals surface area (Å²) in [6.07, 6.45) is 0. The summed E-state index contributed by atoms with van der Waals surface area (Å²) in [5.41, 5.74) is 1.60. The van der Waals surface area contributed by atoms with Gasteiger partial charge in [-0.05, 0) is 38.1 Å². The third kappa shape index (κ3) is 4.28. The quantitative estimate of drug-likeness (QED) is 0.622. The van der Waals surface area contributed by atoms with Crippen LogP contribution in [0.2, 0.25) is 0 Å². The summed E-state index contributed by atoms with van der Waals surface area (Å²) in [6.45, 7) is 5.75. The molecule has 0 heterocycles. The van der Waals surface area contributed by atoms with Crippen LogP contribution in [-0.4, -0.2) is 31.4 Å². The molecule has 0 spiro atoms. The monoisotopic (exact) mass is 274 g/mol. The predicted octanol–water partition coefficient (Wildman–Crippen LogP) is 1.11. The van der Waals surface area contributed by atoms with Crippen molar-refractivity contribution in [1.29, 1.82) is 5.26 Å². The van der Waals surface area contributed by atoms with Crippen LogP contribution < -0.4 is 15.5 Å². The smallest absolute Gasteiger partial charge is 0.313 e. The van der Waals surface area contributed by atoms with Gasteiger partial charge in [0.2, 0.25) is 0 Å². The Balaban J connectivity index is 2.64. The van der Waals surface area contributed by atoms with Crippen LogP contribution in [0.15, 0.2) is 24.3 Å². The number of amides is 2. The molecule has 6 nitrogen and oxygen atoms in total. The molecule has 0 saturated heterocycles. The van der Waals surface area contributed by atoms with E-state index in [1.54, 1.807) is 18.2 Å². The zero-order valence-electron chi connectivity index (χ0n) is 11.6. The number of anilines is 2. The SMILES string of the molecule is CCN(CC)c1ccc(NC(=O)C(=O)NCC#N)cc1. The molecule has 20 heavy (non-hydrogen) atoms. The fraction of sp³-hybridized carbons (Fsp3) is 0.357. The summed E-state index contributed by atoms with van der Waals surface area (Å²) in [4.78, 5) is 25.0. The van der Waals surface area contributed by atoms with E-state index in [0.717, 1.165) is 18.8 Å². The van der Waals surface area contributed by atoms with Crippen molar-refractivity contribution in [3.8, 4) is 6.07 Å². The summed E-state index contributed by atoms with van der Waals surface area (Å²) in [5.74, 6) is -1.60. The highest BCUT2D eigenvalue weighted by molar-refractivity contribution is 6.39. The minimum absolute atomic E-state index is 0.187. The first-order valence-corrected chi connectivity index (χ1v) is 6.43. The molecule has 0 fully saturated rings. The van der Waals surface area contributed by atoms with Gasteiger partial charge in [-0.1, -0.05) is 0 Å². The topological polar surface area (TPSA) is 85.2 Å². The lowest BCUT2D eigenvalue weighted by Gasteiger charge is -2.21. The second-order valence-electron chi connectivity index (χ2n) is 4.01. The van der Waals surface area contributed by atoms with E-state index in [0.29, 0.717) is 5.69 Å². The highest BCUT2D eigenvalue weighted by Gasteiger charge is 2.12. The maximum atomic E-state index is 11.5. The maximum absolute atomic E-state index is 11.5. The molecule has 0 atom stereocenters. The van der Waals surface area contributed by atoms with E-state index in [9.17, 15) is 9.59 Å². The Kier molecular flexibility index (Phi) is 6.04. The molecule has 0 saturated carbocycles. The molecule has 0 unspecified atom stereocenters. The van der Waals surface area contributed by atoms with E-state index in [2.05, 4.69) is 29.4 Å². The minimum atomic E-state index is -0.820. The number of benzene rings is 1. The summed E-state index contributed by atoms with van der Waals surface area (Å²) in [6, 6.07) is 8.98. The van der Waals surface area contributed by atoms with Crippen molar-refractivity contribution in [2.45, 2.75) is 13.8 Å². The summed E-state index contributed by atoms with van der Waals surface area (Å²) in [5, 5.41) is 13.0. The van der Waals surface area contributed by atoms with E-state index >= 15 is 0 Å². The van der Waals surface area contributed by atoms with E-state index in [-0.39, 0.29) is 6.54 Å². The number of nitriles is 1. The number of nitrogens with one attached hydrogen (secondary N) is 2. The summed E-state index contributed by atoms with van der Waals surface area (Å²) < 4.78 is 0. The van der Waals surface area contributed by atoms with Crippen molar-refractivity contribution in [1.82, 2.24) is 5.32 Å². The first-order valence-electron chi connectivity index (χ1n) is 6.43. The molecule has 0 aliphatic heterocycles. The predicted molar refractivity (Wildman–Crippen MR) is 77.3 cm³/mol. The zero-order chi connectivity index (χ0) is 15.0. The van der Waals surface area contributed by atoms with Crippen molar-refractivity contribution in [2.24, 2.45) is 0 Å². The Morgan fingerprint density at radius 2 is 1.75 bits per heavy atom. The van der Waals surface area contributed by atoms with Gasteiger partial charge in [-0.15, -0.1) is 0 Å². The Morgan fingerprint density at radius 3 is 2.25 bits per heavy atom. The Bertz CT molecular complexity index is 501. The first kappa shape index (κ1) is 15.5. The molecule has 2 amide bonds. The molecule has 106 valence electrons. The van der Waals surface area contributed by atoms with Crippen LogP contribution in [0, 0.1) is 11.3 Å². The van der Waals surface area contributed by atoms with Gasteiger partial charge in [0.25, 0.3) is 0 Å². The van der Waals surface area contributed by atoms with Crippen LogP contribution in [0.5, 0.6) is 0 Å². The molecule has 6 heteroatoms. The number of hydrogen-bond acceptors (Lipinski definition) is 4. The molecule has 1 aromatic carbocycles. The standard InChI is InChI=1S/C14H18N4O2/c1-3-18(4-2)12-7-5-11(6-8-12)17-14(20)13(19)16-10-9-15/h5-8H,3-4,10H2,1-2H3,(H,16,19)(H,17,20). The lowest BCUT2D eigenvalue weighted by molar-refractivity contribution is -0.136. The number of carbonyl (C=O) groups is 2. The average Bonchev–Trinajstić information content (AvgIpc) is 2.47. The minimum Gasteiger partial charge on any atom is -0.372 e. The number of carbonyl (C=O) groups excluding carboxylic acids is 2. The lowest BCUT2D eigenvalue weighted by atomic mass is 10.2. The van der Waals surface area contributed by atoms with E-state index < -0.39 is 11.8 Å². The molecule has 0 aromatic heterocycles. The third-order valence-corrected chi connectivity index (χ3v) is 2.79. The molecule has 2 N–H and O–H groups in total. The molecule has 0 aliphatic carbocycles. The fourth-order valence-electron chi connectivity index (χ4n) is 1.73. The van der Waals surface area contributed by atoms with Gasteiger partial charge in [-0.25, -0.2) is 0 Å². The van der Waals surface area contributed by atoms with Gasteiger partial charge in [-0.2, -0.15) is 5.26 Å². The van der Waals surface area contributed by atoms with Crippen molar-refractivity contribution in [3.05, 3.63) is 24.3 Å². The van der Waals surface area contributed by atoms with Crippen molar-refractivity contribution >= 4 is 23.2 Å². The molecular formula is C14H18N4O2. The van der Waals surface area contributed by atoms with Gasteiger partial charge in [-0.3, -0.25) is 9.59 Å². The van der Waals surface area contributed by atoms with Gasteiger partial charge < -0.3 is 15.5 Å². The van der Waals surface area contributed by atoms with E-state index in [4.69, 9.17) is 5.26 Å². The summed E-state index contributed by atoms with van der Waals surface area (Å²) in [7, 11) is 0. The summed E-state index contributed by atoms with van der Waals surface area (Å²) >= 11 is 0. The van der Waals surface area contributed by atoms with E-state index in [1.807, 2.05) is 12.1 Å². The highest BCUT2D eigenvalue weighted by Crippen LogP contribution is 2.17. The van der Waals surface area contributed by atoms with Crippen LogP contribution in [0.1, 0.15) is 13.8 Å². The Hall–Kier alpha value is -2.55.